The minimum Gasteiger partial charge on any atom is -0.344 e. The van der Waals surface area contributed by atoms with Gasteiger partial charge in [0, 0.05) is 13.6 Å². The van der Waals surface area contributed by atoms with Crippen LogP contribution in [0.5, 0.6) is 0 Å². The number of nitrogens with one attached hydrogen (secondary N) is 1. The van der Waals surface area contributed by atoms with Crippen LogP contribution in [0.2, 0.25) is 0 Å². The number of likely N-dealkylation sites (tertiary alicyclic amines) is 1. The Hall–Kier alpha value is -0.610. The second-order valence-corrected chi connectivity index (χ2v) is 4.24. The average molecular weight is 198 g/mol. The second-order valence-electron chi connectivity index (χ2n) is 4.24. The van der Waals surface area contributed by atoms with Crippen LogP contribution in [-0.4, -0.2) is 36.5 Å². The summed E-state index contributed by atoms with van der Waals surface area (Å²) >= 11 is 0. The first-order chi connectivity index (χ1) is 6.77. The molecule has 1 heterocycles. The Balaban J connectivity index is 1.72. The van der Waals surface area contributed by atoms with E-state index in [-0.39, 0.29) is 11.9 Å². The molecule has 1 aliphatic heterocycles. The first kappa shape index (κ1) is 9.93. The zero-order chi connectivity index (χ0) is 9.97. The lowest BCUT2D eigenvalue weighted by Gasteiger charge is -2.15. The summed E-state index contributed by atoms with van der Waals surface area (Å²) in [6.45, 7) is 0.838. The number of nitrogens with zero attached hydrogens (tertiary/aromatic N) is 1. The minimum atomic E-state index is -0.111. The molecule has 0 bridgehead atoms. The monoisotopic (exact) mass is 198 g/mol. The summed E-state index contributed by atoms with van der Waals surface area (Å²) in [6, 6.07) is -0.111. The zero-order valence-corrected chi connectivity index (χ0v) is 8.66. The van der Waals surface area contributed by atoms with Crippen molar-refractivity contribution in [3.8, 4) is 0 Å². The van der Waals surface area contributed by atoms with Crippen molar-refractivity contribution < 1.29 is 9.63 Å². The molecule has 0 aromatic carbocycles. The van der Waals surface area contributed by atoms with E-state index in [4.69, 9.17) is 4.84 Å². The van der Waals surface area contributed by atoms with Crippen LogP contribution in [0.4, 0.5) is 0 Å². The van der Waals surface area contributed by atoms with Gasteiger partial charge in [0.25, 0.3) is 0 Å². The molecule has 1 saturated heterocycles. The fourth-order valence-electron chi connectivity index (χ4n) is 2.12. The van der Waals surface area contributed by atoms with Gasteiger partial charge in [-0.15, -0.1) is 0 Å². The summed E-state index contributed by atoms with van der Waals surface area (Å²) in [5, 5.41) is 0. The van der Waals surface area contributed by atoms with E-state index in [0.29, 0.717) is 6.10 Å². The molecule has 14 heavy (non-hydrogen) atoms. The number of likely N-dealkylation sites (N-methyl/N-ethyl adjacent to an activating group) is 1. The molecule has 4 heteroatoms. The predicted octanol–water partition coefficient (Wildman–Crippen LogP) is 0.681. The molecule has 0 aromatic rings. The Labute approximate surface area is 84.6 Å². The smallest absolute Gasteiger partial charge is 0.241 e. The summed E-state index contributed by atoms with van der Waals surface area (Å²) < 4.78 is 0. The molecule has 1 N–H and O–H groups in total. The van der Waals surface area contributed by atoms with Gasteiger partial charge in [0.05, 0.1) is 6.10 Å². The molecule has 1 saturated carbocycles. The maximum atomic E-state index is 11.5. The van der Waals surface area contributed by atoms with E-state index >= 15 is 0 Å². The van der Waals surface area contributed by atoms with E-state index in [0.717, 1.165) is 25.8 Å². The third kappa shape index (κ3) is 2.07. The van der Waals surface area contributed by atoms with Crippen molar-refractivity contribution in [3.63, 3.8) is 0 Å². The first-order valence-electron chi connectivity index (χ1n) is 5.43. The van der Waals surface area contributed by atoms with E-state index in [1.165, 1.54) is 12.8 Å². The number of hydrogen-bond acceptors (Lipinski definition) is 3. The van der Waals surface area contributed by atoms with Gasteiger partial charge < -0.3 is 4.90 Å². The summed E-state index contributed by atoms with van der Waals surface area (Å²) in [7, 11) is 1.83. The largest absolute Gasteiger partial charge is 0.344 e. The van der Waals surface area contributed by atoms with E-state index < -0.39 is 0 Å². The van der Waals surface area contributed by atoms with Gasteiger partial charge in [-0.1, -0.05) is 12.8 Å². The highest BCUT2D eigenvalue weighted by Gasteiger charge is 2.30. The van der Waals surface area contributed by atoms with Gasteiger partial charge in [-0.05, 0) is 19.3 Å². The zero-order valence-electron chi connectivity index (χ0n) is 8.66. The van der Waals surface area contributed by atoms with Crippen LogP contribution in [0.25, 0.3) is 0 Å². The van der Waals surface area contributed by atoms with E-state index in [9.17, 15) is 4.79 Å². The Morgan fingerprint density at radius 1 is 1.36 bits per heavy atom. The number of amides is 1. The molecule has 4 nitrogen and oxygen atoms in total. The SMILES string of the molecule is CN1CCC(NOC2CCCC2)C1=O. The second kappa shape index (κ2) is 4.28. The van der Waals surface area contributed by atoms with Crippen molar-refractivity contribution in [2.45, 2.75) is 44.2 Å². The molecule has 1 aliphatic carbocycles. The van der Waals surface area contributed by atoms with Crippen molar-refractivity contribution in [1.29, 1.82) is 0 Å². The molecule has 1 unspecified atom stereocenters. The summed E-state index contributed by atoms with van der Waals surface area (Å²) in [4.78, 5) is 18.7. The molecule has 2 fully saturated rings. The molecule has 2 aliphatic rings. The number of hydrogen-bond donors (Lipinski definition) is 1. The maximum Gasteiger partial charge on any atom is 0.241 e. The highest BCUT2D eigenvalue weighted by atomic mass is 16.7. The van der Waals surface area contributed by atoms with Gasteiger partial charge in [-0.2, -0.15) is 5.48 Å². The van der Waals surface area contributed by atoms with Crippen molar-refractivity contribution in [1.82, 2.24) is 10.4 Å². The van der Waals surface area contributed by atoms with Gasteiger partial charge in [0.1, 0.15) is 6.04 Å². The van der Waals surface area contributed by atoms with Crippen molar-refractivity contribution >= 4 is 5.91 Å². The van der Waals surface area contributed by atoms with Crippen LogP contribution < -0.4 is 5.48 Å². The fourth-order valence-corrected chi connectivity index (χ4v) is 2.12. The maximum absolute atomic E-state index is 11.5. The summed E-state index contributed by atoms with van der Waals surface area (Å²) in [5.41, 5.74) is 2.91. The Morgan fingerprint density at radius 2 is 2.07 bits per heavy atom. The van der Waals surface area contributed by atoms with Crippen molar-refractivity contribution in [2.75, 3.05) is 13.6 Å². The molecular weight excluding hydrogens is 180 g/mol. The average Bonchev–Trinajstić information content (AvgIpc) is 2.77. The van der Waals surface area contributed by atoms with E-state index in [1.54, 1.807) is 4.90 Å². The van der Waals surface area contributed by atoms with E-state index in [1.807, 2.05) is 7.05 Å². The molecular formula is C10H18N2O2. The summed E-state index contributed by atoms with van der Waals surface area (Å²) in [5.74, 6) is 0.156. The number of hydroxylamine groups is 1. The Morgan fingerprint density at radius 3 is 2.64 bits per heavy atom. The molecule has 1 amide bonds. The Kier molecular flexibility index (Phi) is 3.03. The van der Waals surface area contributed by atoms with Crippen molar-refractivity contribution in [2.24, 2.45) is 0 Å². The number of rotatable bonds is 3. The van der Waals surface area contributed by atoms with Gasteiger partial charge >= 0.3 is 0 Å². The van der Waals surface area contributed by atoms with Gasteiger partial charge in [0.2, 0.25) is 5.91 Å². The quantitative estimate of drug-likeness (QED) is 0.678. The van der Waals surface area contributed by atoms with Gasteiger partial charge in [-0.3, -0.25) is 9.63 Å². The highest BCUT2D eigenvalue weighted by molar-refractivity contribution is 5.83. The predicted molar refractivity (Wildman–Crippen MR) is 52.5 cm³/mol. The van der Waals surface area contributed by atoms with Gasteiger partial charge in [-0.25, -0.2) is 0 Å². The topological polar surface area (TPSA) is 41.6 Å². The molecule has 0 spiro atoms. The number of carbonyl (C=O) groups is 1. The van der Waals surface area contributed by atoms with Crippen LogP contribution in [-0.2, 0) is 9.63 Å². The standard InChI is InChI=1S/C10H18N2O2/c1-12-7-6-9(10(12)13)11-14-8-4-2-3-5-8/h8-9,11H,2-7H2,1H3. The van der Waals surface area contributed by atoms with Crippen LogP contribution >= 0.6 is 0 Å². The fraction of sp³-hybridized carbons (Fsp3) is 0.900. The van der Waals surface area contributed by atoms with Gasteiger partial charge in [0.15, 0.2) is 0 Å². The summed E-state index contributed by atoms with van der Waals surface area (Å²) in [6.07, 6.45) is 5.96. The van der Waals surface area contributed by atoms with Crippen LogP contribution in [0.15, 0.2) is 0 Å². The molecule has 0 aromatic heterocycles. The third-order valence-electron chi connectivity index (χ3n) is 3.11. The molecule has 0 radical (unpaired) electrons. The minimum absolute atomic E-state index is 0.111. The van der Waals surface area contributed by atoms with Crippen LogP contribution in [0.1, 0.15) is 32.1 Å². The lowest BCUT2D eigenvalue weighted by Crippen LogP contribution is -2.38. The molecule has 80 valence electrons. The lowest BCUT2D eigenvalue weighted by atomic mass is 10.3. The Bertz CT molecular complexity index is 214. The third-order valence-corrected chi connectivity index (χ3v) is 3.11. The molecule has 2 rings (SSSR count). The number of carbonyl (C=O) groups excluding carboxylic acids is 1. The first-order valence-corrected chi connectivity index (χ1v) is 5.43. The molecule has 1 atom stereocenters. The normalized spacial score (nSPS) is 29.1. The van der Waals surface area contributed by atoms with Crippen molar-refractivity contribution in [3.05, 3.63) is 0 Å². The lowest BCUT2D eigenvalue weighted by molar-refractivity contribution is -0.133. The van der Waals surface area contributed by atoms with Crippen LogP contribution in [0.3, 0.4) is 0 Å². The van der Waals surface area contributed by atoms with E-state index in [2.05, 4.69) is 5.48 Å². The van der Waals surface area contributed by atoms with Crippen LogP contribution in [0, 0.1) is 0 Å². The highest BCUT2D eigenvalue weighted by Crippen LogP contribution is 2.20.